The summed E-state index contributed by atoms with van der Waals surface area (Å²) >= 11 is 0. The lowest BCUT2D eigenvalue weighted by atomic mass is 9.74. The van der Waals surface area contributed by atoms with Crippen LogP contribution in [-0.4, -0.2) is 27.3 Å². The molecule has 0 amide bonds. The van der Waals surface area contributed by atoms with Gasteiger partial charge >= 0.3 is 11.9 Å². The minimum absolute atomic E-state index is 0.0634. The monoisotopic (exact) mass is 260 g/mol. The van der Waals surface area contributed by atoms with Crippen molar-refractivity contribution in [3.63, 3.8) is 0 Å². The number of rotatable bonds is 6. The summed E-state index contributed by atoms with van der Waals surface area (Å²) in [5.41, 5.74) is 0. The molecule has 0 aromatic heterocycles. The Labute approximate surface area is 104 Å². The van der Waals surface area contributed by atoms with Crippen molar-refractivity contribution < 1.29 is 19.8 Å². The Kier molecular flexibility index (Phi) is 5.38. The third kappa shape index (κ3) is 4.63. The predicted molar refractivity (Wildman–Crippen MR) is 68.1 cm³/mol. The Morgan fingerprint density at radius 2 is 1.82 bits per heavy atom. The smallest absolute Gasteiger partial charge is 0.303 e. The highest BCUT2D eigenvalue weighted by molar-refractivity contribution is 7.19. The Bertz CT molecular complexity index is 292. The van der Waals surface area contributed by atoms with E-state index in [1.54, 1.807) is 0 Å². The van der Waals surface area contributed by atoms with E-state index < -0.39 is 11.9 Å². The zero-order chi connectivity index (χ0) is 12.9. The molecular formula is C12H21O4P. The van der Waals surface area contributed by atoms with Crippen molar-refractivity contribution in [1.82, 2.24) is 0 Å². The van der Waals surface area contributed by atoms with Gasteiger partial charge in [-0.05, 0) is 36.8 Å². The van der Waals surface area contributed by atoms with Crippen LogP contribution in [0.3, 0.4) is 0 Å². The van der Waals surface area contributed by atoms with Gasteiger partial charge in [0.15, 0.2) is 0 Å². The first-order valence-corrected chi connectivity index (χ1v) is 6.74. The van der Waals surface area contributed by atoms with Crippen molar-refractivity contribution in [2.24, 2.45) is 5.92 Å². The summed E-state index contributed by atoms with van der Waals surface area (Å²) < 4.78 is 0. The van der Waals surface area contributed by atoms with Gasteiger partial charge in [0.25, 0.3) is 0 Å². The molecule has 2 N–H and O–H groups in total. The highest BCUT2D eigenvalue weighted by Crippen LogP contribution is 2.46. The number of hydrogen-bond acceptors (Lipinski definition) is 2. The fourth-order valence-electron chi connectivity index (χ4n) is 2.73. The van der Waals surface area contributed by atoms with Crippen LogP contribution in [0.2, 0.25) is 0 Å². The molecule has 17 heavy (non-hydrogen) atoms. The molecule has 0 aliphatic heterocycles. The summed E-state index contributed by atoms with van der Waals surface area (Å²) in [5, 5.41) is 17.4. The molecule has 4 nitrogen and oxygen atoms in total. The van der Waals surface area contributed by atoms with Crippen LogP contribution in [0.1, 0.15) is 51.4 Å². The predicted octanol–water partition coefficient (Wildman–Crippen LogP) is 2.52. The highest BCUT2D eigenvalue weighted by Gasteiger charge is 2.36. The third-order valence-corrected chi connectivity index (χ3v) is 4.82. The maximum Gasteiger partial charge on any atom is 0.303 e. The van der Waals surface area contributed by atoms with Gasteiger partial charge in [-0.15, -0.1) is 9.24 Å². The van der Waals surface area contributed by atoms with E-state index in [1.807, 2.05) is 0 Å². The molecule has 1 fully saturated rings. The van der Waals surface area contributed by atoms with Gasteiger partial charge < -0.3 is 10.2 Å². The van der Waals surface area contributed by atoms with Crippen molar-refractivity contribution in [3.05, 3.63) is 0 Å². The van der Waals surface area contributed by atoms with Crippen molar-refractivity contribution in [1.29, 1.82) is 0 Å². The zero-order valence-electron chi connectivity index (χ0n) is 10.0. The number of hydrogen-bond donors (Lipinski definition) is 2. The van der Waals surface area contributed by atoms with E-state index in [1.165, 1.54) is 0 Å². The van der Waals surface area contributed by atoms with Gasteiger partial charge in [-0.2, -0.15) is 0 Å². The molecule has 1 rings (SSSR count). The summed E-state index contributed by atoms with van der Waals surface area (Å²) in [7, 11) is 2.82. The van der Waals surface area contributed by atoms with Gasteiger partial charge in [-0.25, -0.2) is 0 Å². The van der Waals surface area contributed by atoms with Gasteiger partial charge in [0.05, 0.1) is 0 Å². The second-order valence-electron chi connectivity index (χ2n) is 5.00. The highest BCUT2D eigenvalue weighted by atomic mass is 31.0. The number of aliphatic carboxylic acids is 2. The molecule has 1 saturated carbocycles. The molecule has 5 heteroatoms. The summed E-state index contributed by atoms with van der Waals surface area (Å²) in [6.45, 7) is 0. The van der Waals surface area contributed by atoms with E-state index in [0.717, 1.165) is 25.7 Å². The largest absolute Gasteiger partial charge is 0.481 e. The molecule has 3 unspecified atom stereocenters. The van der Waals surface area contributed by atoms with Crippen LogP contribution >= 0.6 is 9.24 Å². The molecule has 0 bridgehead atoms. The average molecular weight is 260 g/mol. The Hall–Kier alpha value is -0.630. The maximum atomic E-state index is 10.7. The van der Waals surface area contributed by atoms with Crippen molar-refractivity contribution >= 4 is 21.2 Å². The second kappa shape index (κ2) is 6.34. The fourth-order valence-corrected chi connectivity index (χ4v) is 3.42. The van der Waals surface area contributed by atoms with Gasteiger partial charge in [0, 0.05) is 12.8 Å². The molecule has 1 aliphatic carbocycles. The summed E-state index contributed by atoms with van der Waals surface area (Å²) in [4.78, 5) is 21.3. The van der Waals surface area contributed by atoms with Gasteiger partial charge in [0.1, 0.15) is 0 Å². The van der Waals surface area contributed by atoms with Gasteiger partial charge in [-0.3, -0.25) is 9.59 Å². The Balaban J connectivity index is 2.56. The summed E-state index contributed by atoms with van der Waals surface area (Å²) in [6, 6.07) is 0. The molecule has 0 aromatic rings. The Morgan fingerprint density at radius 3 is 2.41 bits per heavy atom. The minimum Gasteiger partial charge on any atom is -0.481 e. The topological polar surface area (TPSA) is 74.6 Å². The molecule has 3 atom stereocenters. The van der Waals surface area contributed by atoms with Crippen LogP contribution < -0.4 is 0 Å². The van der Waals surface area contributed by atoms with Crippen molar-refractivity contribution in [2.75, 3.05) is 0 Å². The SMILES string of the molecule is O=C(O)CCC1CCCCC1(P)CCC(=O)O. The van der Waals surface area contributed by atoms with E-state index in [9.17, 15) is 9.59 Å². The summed E-state index contributed by atoms with van der Waals surface area (Å²) in [5.74, 6) is -1.20. The molecule has 1 aliphatic rings. The molecule has 0 radical (unpaired) electrons. The van der Waals surface area contributed by atoms with E-state index >= 15 is 0 Å². The van der Waals surface area contributed by atoms with Gasteiger partial charge in [0.2, 0.25) is 0 Å². The summed E-state index contributed by atoms with van der Waals surface area (Å²) in [6.07, 6.45) is 5.93. The van der Waals surface area contributed by atoms with E-state index in [2.05, 4.69) is 9.24 Å². The fraction of sp³-hybridized carbons (Fsp3) is 0.833. The number of carboxylic acids is 2. The minimum atomic E-state index is -0.769. The first kappa shape index (κ1) is 14.4. The number of carbonyl (C=O) groups is 2. The zero-order valence-corrected chi connectivity index (χ0v) is 11.2. The second-order valence-corrected chi connectivity index (χ2v) is 6.15. The molecule has 0 saturated heterocycles. The normalized spacial score (nSPS) is 28.9. The van der Waals surface area contributed by atoms with E-state index in [-0.39, 0.29) is 18.0 Å². The van der Waals surface area contributed by atoms with E-state index in [4.69, 9.17) is 10.2 Å². The van der Waals surface area contributed by atoms with Crippen molar-refractivity contribution in [3.8, 4) is 0 Å². The standard InChI is InChI=1S/C12H21O4P/c13-10(14)5-4-9-3-1-2-7-12(9,17)8-6-11(15)16/h9H,1-8,17H2,(H,13,14)(H,15,16). The van der Waals surface area contributed by atoms with Crippen LogP contribution in [0.4, 0.5) is 0 Å². The Morgan fingerprint density at radius 1 is 1.18 bits per heavy atom. The lowest BCUT2D eigenvalue weighted by molar-refractivity contribution is -0.138. The molecule has 0 aromatic carbocycles. The first-order chi connectivity index (χ1) is 7.94. The van der Waals surface area contributed by atoms with Crippen LogP contribution in [0.5, 0.6) is 0 Å². The number of carboxylic acid groups (broad SMARTS) is 2. The van der Waals surface area contributed by atoms with Gasteiger partial charge in [-0.1, -0.05) is 12.8 Å². The molecule has 0 heterocycles. The van der Waals surface area contributed by atoms with E-state index in [0.29, 0.717) is 18.8 Å². The maximum absolute atomic E-state index is 10.7. The first-order valence-electron chi connectivity index (χ1n) is 6.16. The average Bonchev–Trinajstić information content (AvgIpc) is 2.25. The molecule has 98 valence electrons. The lowest BCUT2D eigenvalue weighted by Crippen LogP contribution is -2.35. The van der Waals surface area contributed by atoms with Crippen LogP contribution in [0, 0.1) is 5.92 Å². The third-order valence-electron chi connectivity index (χ3n) is 3.77. The molecule has 0 spiro atoms. The lowest BCUT2D eigenvalue weighted by Gasteiger charge is -2.41. The molecular weight excluding hydrogens is 239 g/mol. The van der Waals surface area contributed by atoms with Crippen LogP contribution in [0.25, 0.3) is 0 Å². The van der Waals surface area contributed by atoms with Crippen LogP contribution in [-0.2, 0) is 9.59 Å². The van der Waals surface area contributed by atoms with Crippen LogP contribution in [0.15, 0.2) is 0 Å². The quantitative estimate of drug-likeness (QED) is 0.719. The van der Waals surface area contributed by atoms with Crippen molar-refractivity contribution in [2.45, 2.75) is 56.5 Å².